The number of rotatable bonds is 11. The number of benzene rings is 2. The summed E-state index contributed by atoms with van der Waals surface area (Å²) in [6, 6.07) is 8.15. The van der Waals surface area contributed by atoms with E-state index in [0.29, 0.717) is 72.9 Å². The van der Waals surface area contributed by atoms with E-state index in [1.165, 1.54) is 24.5 Å². The molecule has 0 unspecified atom stereocenters. The monoisotopic (exact) mass is 571 g/mol. The summed E-state index contributed by atoms with van der Waals surface area (Å²) in [4.78, 5) is 23.9. The van der Waals surface area contributed by atoms with Crippen molar-refractivity contribution in [2.24, 2.45) is 0 Å². The standard InChI is InChI=1S/C28H31ClFN5O5/c1-37-14-19-6-8-35(19)7-2-3-27(36)34-25-12-21-24(13-26(25)40-16-20-15-38-9-10-39-20)31-17-32-28(21)33-18-4-5-23(30)22(29)11-18/h2-5,11-13,17,19-20H,6-10,14-16H2,1H3,(H,34,36)(H,31,32,33)/b3-2+/t19-,20+/m0/s1. The molecule has 10 nitrogen and oxygen atoms in total. The number of amides is 1. The molecule has 3 aromatic rings. The quantitative estimate of drug-likeness (QED) is 0.328. The first-order chi connectivity index (χ1) is 19.5. The number of nitrogens with zero attached hydrogens (tertiary/aromatic N) is 3. The molecule has 1 amide bonds. The maximum atomic E-state index is 13.7. The molecule has 0 bridgehead atoms. The fourth-order valence-electron chi connectivity index (χ4n) is 4.51. The van der Waals surface area contributed by atoms with E-state index in [-0.39, 0.29) is 23.6 Å². The third-order valence-corrected chi connectivity index (χ3v) is 7.01. The Labute approximate surface area is 236 Å². The molecule has 2 aromatic carbocycles. The minimum atomic E-state index is -0.518. The van der Waals surface area contributed by atoms with Crippen molar-refractivity contribution in [3.8, 4) is 5.75 Å². The van der Waals surface area contributed by atoms with Gasteiger partial charge in [-0.15, -0.1) is 0 Å². The van der Waals surface area contributed by atoms with Gasteiger partial charge < -0.3 is 29.6 Å². The molecular formula is C28H31ClFN5O5. The largest absolute Gasteiger partial charge is 0.489 e. The maximum absolute atomic E-state index is 13.7. The van der Waals surface area contributed by atoms with Crippen LogP contribution in [0.5, 0.6) is 5.75 Å². The van der Waals surface area contributed by atoms with Crippen LogP contribution in [-0.2, 0) is 19.0 Å². The number of aromatic nitrogens is 2. The average molecular weight is 572 g/mol. The van der Waals surface area contributed by atoms with Crippen molar-refractivity contribution in [3.63, 3.8) is 0 Å². The van der Waals surface area contributed by atoms with E-state index in [9.17, 15) is 9.18 Å². The van der Waals surface area contributed by atoms with E-state index in [0.717, 1.165) is 13.0 Å². The molecule has 2 atom stereocenters. The highest BCUT2D eigenvalue weighted by Gasteiger charge is 2.26. The molecule has 212 valence electrons. The first-order valence-corrected chi connectivity index (χ1v) is 13.4. The zero-order chi connectivity index (χ0) is 27.9. The number of likely N-dealkylation sites (tertiary alicyclic amines) is 1. The number of carbonyl (C=O) groups is 1. The predicted molar refractivity (Wildman–Crippen MR) is 150 cm³/mol. The Morgan fingerprint density at radius 3 is 2.90 bits per heavy atom. The zero-order valence-electron chi connectivity index (χ0n) is 22.1. The lowest BCUT2D eigenvalue weighted by Gasteiger charge is -2.39. The SMILES string of the molecule is COC[C@@H]1CCN1C/C=C/C(=O)Nc1cc2c(Nc3ccc(F)c(Cl)c3)ncnc2cc1OC[C@H]1COCCO1. The molecule has 3 heterocycles. The van der Waals surface area contributed by atoms with E-state index in [4.69, 9.17) is 30.5 Å². The number of halogens is 2. The summed E-state index contributed by atoms with van der Waals surface area (Å²) in [6.07, 6.45) is 5.61. The Morgan fingerprint density at radius 2 is 2.15 bits per heavy atom. The molecule has 0 saturated carbocycles. The Kier molecular flexibility index (Phi) is 9.40. The van der Waals surface area contributed by atoms with Gasteiger partial charge in [0.05, 0.1) is 42.7 Å². The van der Waals surface area contributed by atoms with Gasteiger partial charge in [0.2, 0.25) is 5.91 Å². The van der Waals surface area contributed by atoms with E-state index < -0.39 is 5.82 Å². The topological polar surface area (TPSA) is 107 Å². The van der Waals surface area contributed by atoms with Gasteiger partial charge in [-0.3, -0.25) is 9.69 Å². The van der Waals surface area contributed by atoms with Crippen LogP contribution in [0.25, 0.3) is 10.9 Å². The van der Waals surface area contributed by atoms with Gasteiger partial charge in [0.25, 0.3) is 0 Å². The maximum Gasteiger partial charge on any atom is 0.248 e. The highest BCUT2D eigenvalue weighted by Crippen LogP contribution is 2.34. The molecule has 0 radical (unpaired) electrons. The van der Waals surface area contributed by atoms with Crippen LogP contribution in [0.3, 0.4) is 0 Å². The first-order valence-electron chi connectivity index (χ1n) is 13.0. The number of ether oxygens (including phenoxy) is 4. The molecule has 0 spiro atoms. The van der Waals surface area contributed by atoms with Crippen LogP contribution in [-0.4, -0.2) is 86.2 Å². The van der Waals surface area contributed by atoms with Gasteiger partial charge in [-0.25, -0.2) is 14.4 Å². The van der Waals surface area contributed by atoms with Crippen molar-refractivity contribution in [3.05, 3.63) is 59.7 Å². The van der Waals surface area contributed by atoms with Crippen LogP contribution < -0.4 is 15.4 Å². The number of fused-ring (bicyclic) bond motifs is 1. The Hall–Kier alpha value is -3.35. The Morgan fingerprint density at radius 1 is 1.25 bits per heavy atom. The number of methoxy groups -OCH3 is 1. The minimum Gasteiger partial charge on any atom is -0.489 e. The summed E-state index contributed by atoms with van der Waals surface area (Å²) in [5.41, 5.74) is 1.57. The van der Waals surface area contributed by atoms with E-state index in [1.54, 1.807) is 25.3 Å². The molecular weight excluding hydrogens is 541 g/mol. The van der Waals surface area contributed by atoms with Crippen LogP contribution in [0.1, 0.15) is 6.42 Å². The molecule has 2 fully saturated rings. The molecule has 5 rings (SSSR count). The Balaban J connectivity index is 1.37. The van der Waals surface area contributed by atoms with Crippen LogP contribution in [0, 0.1) is 5.82 Å². The zero-order valence-corrected chi connectivity index (χ0v) is 22.8. The molecule has 0 aliphatic carbocycles. The number of anilines is 3. The van der Waals surface area contributed by atoms with Gasteiger partial charge in [0.1, 0.15) is 36.4 Å². The fraction of sp³-hybridized carbons (Fsp3) is 0.393. The van der Waals surface area contributed by atoms with Crippen molar-refractivity contribution >= 4 is 45.6 Å². The highest BCUT2D eigenvalue weighted by molar-refractivity contribution is 6.31. The predicted octanol–water partition coefficient (Wildman–Crippen LogP) is 4.18. The summed E-state index contributed by atoms with van der Waals surface area (Å²) < 4.78 is 36.1. The van der Waals surface area contributed by atoms with Crippen LogP contribution >= 0.6 is 11.6 Å². The molecule has 1 aromatic heterocycles. The molecule has 2 saturated heterocycles. The van der Waals surface area contributed by atoms with E-state index >= 15 is 0 Å². The van der Waals surface area contributed by atoms with Crippen molar-refractivity contribution < 1.29 is 28.1 Å². The van der Waals surface area contributed by atoms with E-state index in [1.807, 2.05) is 6.08 Å². The summed E-state index contributed by atoms with van der Waals surface area (Å²) >= 11 is 5.95. The second-order valence-electron chi connectivity index (χ2n) is 9.50. The lowest BCUT2D eigenvalue weighted by atomic mass is 10.0. The second-order valence-corrected chi connectivity index (χ2v) is 9.91. The van der Waals surface area contributed by atoms with Crippen LogP contribution in [0.2, 0.25) is 5.02 Å². The molecule has 2 aliphatic rings. The van der Waals surface area contributed by atoms with Crippen LogP contribution in [0.4, 0.5) is 21.6 Å². The molecule has 2 N–H and O–H groups in total. The third-order valence-electron chi connectivity index (χ3n) is 6.72. The normalized spacial score (nSPS) is 19.5. The summed E-state index contributed by atoms with van der Waals surface area (Å²) in [7, 11) is 1.69. The minimum absolute atomic E-state index is 0.0144. The molecule has 40 heavy (non-hydrogen) atoms. The molecule has 2 aliphatic heterocycles. The van der Waals surface area contributed by atoms with Gasteiger partial charge in [-0.1, -0.05) is 17.7 Å². The van der Waals surface area contributed by atoms with Crippen molar-refractivity contribution in [2.75, 3.05) is 63.9 Å². The van der Waals surface area contributed by atoms with E-state index in [2.05, 4.69) is 25.5 Å². The fourth-order valence-corrected chi connectivity index (χ4v) is 4.69. The lowest BCUT2D eigenvalue weighted by molar-refractivity contribution is -0.112. The van der Waals surface area contributed by atoms with Crippen molar-refractivity contribution in [1.82, 2.24) is 14.9 Å². The third kappa shape index (κ3) is 7.04. The van der Waals surface area contributed by atoms with Crippen molar-refractivity contribution in [2.45, 2.75) is 18.6 Å². The lowest BCUT2D eigenvalue weighted by Crippen LogP contribution is -2.50. The van der Waals surface area contributed by atoms with Gasteiger partial charge in [0, 0.05) is 49.5 Å². The summed E-state index contributed by atoms with van der Waals surface area (Å²) in [5.74, 6) is 0.0641. The highest BCUT2D eigenvalue weighted by atomic mass is 35.5. The summed E-state index contributed by atoms with van der Waals surface area (Å²) in [6.45, 7) is 4.03. The average Bonchev–Trinajstić information content (AvgIpc) is 2.95. The second kappa shape index (κ2) is 13.3. The van der Waals surface area contributed by atoms with Crippen LogP contribution in [0.15, 0.2) is 48.8 Å². The number of carbonyl (C=O) groups excluding carboxylic acids is 1. The number of nitrogens with one attached hydrogen (secondary N) is 2. The molecule has 12 heteroatoms. The van der Waals surface area contributed by atoms with Crippen molar-refractivity contribution in [1.29, 1.82) is 0 Å². The first kappa shape index (κ1) is 28.2. The van der Waals surface area contributed by atoms with Gasteiger partial charge in [0.15, 0.2) is 0 Å². The number of hydrogen-bond acceptors (Lipinski definition) is 9. The summed E-state index contributed by atoms with van der Waals surface area (Å²) in [5, 5.41) is 6.68. The number of hydrogen-bond donors (Lipinski definition) is 2. The Bertz CT molecular complexity index is 1370. The van der Waals surface area contributed by atoms with Gasteiger partial charge in [-0.2, -0.15) is 0 Å². The van der Waals surface area contributed by atoms with Gasteiger partial charge >= 0.3 is 0 Å². The smallest absolute Gasteiger partial charge is 0.248 e. The van der Waals surface area contributed by atoms with Gasteiger partial charge in [-0.05, 0) is 30.7 Å².